The highest BCUT2D eigenvalue weighted by atomic mass is 32.1. The number of aromatic nitrogens is 1. The molecule has 3 aliphatic heterocycles. The maximum absolute atomic E-state index is 15.4. The van der Waals surface area contributed by atoms with Crippen molar-refractivity contribution >= 4 is 35.0 Å². The molecule has 4 aliphatic rings. The summed E-state index contributed by atoms with van der Waals surface area (Å²) in [4.78, 5) is 50.2. The number of fused-ring (bicyclic) bond motifs is 1. The van der Waals surface area contributed by atoms with Gasteiger partial charge in [-0.1, -0.05) is 12.1 Å². The van der Waals surface area contributed by atoms with Gasteiger partial charge in [-0.05, 0) is 43.9 Å². The molecule has 1 aromatic carbocycles. The maximum Gasteiger partial charge on any atom is 0.338 e. The number of esters is 1. The number of carboxylic acids is 1. The average Bonchev–Trinajstić information content (AvgIpc) is 3.27. The number of benzene rings is 1. The van der Waals surface area contributed by atoms with Crippen LogP contribution < -0.4 is 5.32 Å². The maximum atomic E-state index is 15.4. The smallest absolute Gasteiger partial charge is 0.338 e. The van der Waals surface area contributed by atoms with Crippen LogP contribution in [0.3, 0.4) is 0 Å². The summed E-state index contributed by atoms with van der Waals surface area (Å²) in [5.41, 5.74) is -0.125. The number of halogens is 3. The molecule has 0 radical (unpaired) electrons. The van der Waals surface area contributed by atoms with Gasteiger partial charge in [-0.2, -0.15) is 0 Å². The minimum absolute atomic E-state index is 0.0365. The van der Waals surface area contributed by atoms with E-state index in [4.69, 9.17) is 9.73 Å². The number of likely N-dealkylation sites (tertiary alicyclic amines) is 2. The SMILES string of the molecule is CCOC(=O)C1=C(CN2CC(F)(F)[C@@H]3C(=O)N(CC4(C(=O)O)CC4)C[C@@H]32)NC(c2nccs2)=N[C@H]1c1cccc(F)c1C. The summed E-state index contributed by atoms with van der Waals surface area (Å²) in [5.74, 6) is -7.75. The lowest BCUT2D eigenvalue weighted by molar-refractivity contribution is -0.147. The summed E-state index contributed by atoms with van der Waals surface area (Å²) in [7, 11) is 0. The Bertz CT molecular complexity index is 1540. The van der Waals surface area contributed by atoms with Crippen LogP contribution in [0.1, 0.15) is 41.9 Å². The van der Waals surface area contributed by atoms with Crippen molar-refractivity contribution in [1.82, 2.24) is 20.1 Å². The molecule has 14 heteroatoms. The normalized spacial score (nSPS) is 25.8. The number of hydrogen-bond donors (Lipinski definition) is 2. The van der Waals surface area contributed by atoms with E-state index in [1.165, 1.54) is 33.3 Å². The molecule has 0 bridgehead atoms. The molecule has 228 valence electrons. The molecule has 3 atom stereocenters. The molecule has 0 unspecified atom stereocenters. The number of amidine groups is 1. The Morgan fingerprint density at radius 1 is 1.28 bits per heavy atom. The Balaban J connectivity index is 1.39. The molecule has 10 nitrogen and oxygen atoms in total. The lowest BCUT2D eigenvalue weighted by Crippen LogP contribution is -2.44. The van der Waals surface area contributed by atoms with E-state index in [0.717, 1.165) is 0 Å². The summed E-state index contributed by atoms with van der Waals surface area (Å²) in [6, 6.07) is 2.52. The van der Waals surface area contributed by atoms with Crippen molar-refractivity contribution in [1.29, 1.82) is 0 Å². The number of carbonyl (C=O) groups excluding carboxylic acids is 2. The van der Waals surface area contributed by atoms with Crippen LogP contribution in [0.4, 0.5) is 13.2 Å². The largest absolute Gasteiger partial charge is 0.481 e. The Labute approximate surface area is 249 Å². The summed E-state index contributed by atoms with van der Waals surface area (Å²) in [6.07, 6.45) is 2.35. The van der Waals surface area contributed by atoms with Crippen molar-refractivity contribution in [2.45, 2.75) is 44.7 Å². The van der Waals surface area contributed by atoms with Crippen molar-refractivity contribution in [3.8, 4) is 0 Å². The average molecular weight is 618 g/mol. The topological polar surface area (TPSA) is 124 Å². The lowest BCUT2D eigenvalue weighted by Gasteiger charge is -2.32. The van der Waals surface area contributed by atoms with Gasteiger partial charge in [0, 0.05) is 43.0 Å². The second-order valence-corrected chi connectivity index (χ2v) is 12.3. The fourth-order valence-corrected chi connectivity index (χ4v) is 6.88. The van der Waals surface area contributed by atoms with Crippen LogP contribution in [0.15, 0.2) is 46.0 Å². The number of amides is 1. The van der Waals surface area contributed by atoms with E-state index in [1.54, 1.807) is 31.5 Å². The Hall–Kier alpha value is -3.78. The van der Waals surface area contributed by atoms with Crippen molar-refractivity contribution in [3.05, 3.63) is 63.0 Å². The lowest BCUT2D eigenvalue weighted by atomic mass is 9.92. The van der Waals surface area contributed by atoms with E-state index in [0.29, 0.717) is 23.4 Å². The van der Waals surface area contributed by atoms with E-state index >= 15 is 8.78 Å². The van der Waals surface area contributed by atoms with Crippen LogP contribution in [0.5, 0.6) is 0 Å². The second-order valence-electron chi connectivity index (χ2n) is 11.4. The number of nitrogens with one attached hydrogen (secondary N) is 1. The molecule has 3 fully saturated rings. The first-order valence-corrected chi connectivity index (χ1v) is 14.9. The number of nitrogens with zero attached hydrogens (tertiary/aromatic N) is 4. The van der Waals surface area contributed by atoms with Crippen LogP contribution in [-0.2, 0) is 19.1 Å². The minimum Gasteiger partial charge on any atom is -0.481 e. The second kappa shape index (κ2) is 10.7. The van der Waals surface area contributed by atoms with E-state index in [1.807, 2.05) is 0 Å². The van der Waals surface area contributed by atoms with Gasteiger partial charge in [0.1, 0.15) is 17.8 Å². The molecule has 2 aromatic rings. The van der Waals surface area contributed by atoms with Gasteiger partial charge in [-0.15, -0.1) is 11.3 Å². The van der Waals surface area contributed by atoms with E-state index in [2.05, 4.69) is 10.3 Å². The zero-order chi connectivity index (χ0) is 30.7. The molecule has 2 saturated heterocycles. The summed E-state index contributed by atoms with van der Waals surface area (Å²) >= 11 is 1.28. The fraction of sp³-hybridized carbons (Fsp3) is 0.483. The molecule has 2 N–H and O–H groups in total. The number of carboxylic acid groups (broad SMARTS) is 1. The number of aliphatic carboxylic acids is 1. The van der Waals surface area contributed by atoms with Gasteiger partial charge in [0.15, 0.2) is 10.8 Å². The van der Waals surface area contributed by atoms with Gasteiger partial charge in [0.05, 0.1) is 24.1 Å². The predicted octanol–water partition coefficient (Wildman–Crippen LogP) is 3.14. The summed E-state index contributed by atoms with van der Waals surface area (Å²) in [6.45, 7) is 2.14. The highest BCUT2D eigenvalue weighted by Crippen LogP contribution is 2.50. The van der Waals surface area contributed by atoms with E-state index < -0.39 is 59.5 Å². The van der Waals surface area contributed by atoms with Gasteiger partial charge >= 0.3 is 11.9 Å². The van der Waals surface area contributed by atoms with Gasteiger partial charge in [0.2, 0.25) is 5.91 Å². The van der Waals surface area contributed by atoms with Crippen molar-refractivity contribution in [3.63, 3.8) is 0 Å². The third kappa shape index (κ3) is 5.09. The summed E-state index contributed by atoms with van der Waals surface area (Å²) in [5, 5.41) is 15.0. The van der Waals surface area contributed by atoms with Gasteiger partial charge in [-0.3, -0.25) is 19.5 Å². The van der Waals surface area contributed by atoms with Crippen molar-refractivity contribution in [2.75, 3.05) is 32.8 Å². The number of carbonyl (C=O) groups is 3. The first-order valence-electron chi connectivity index (χ1n) is 14.0. The van der Waals surface area contributed by atoms with Crippen LogP contribution in [0, 0.1) is 24.1 Å². The molecule has 0 spiro atoms. The molecule has 1 aromatic heterocycles. The van der Waals surface area contributed by atoms with Gasteiger partial charge < -0.3 is 20.1 Å². The number of thiazole rings is 1. The number of alkyl halides is 2. The zero-order valence-corrected chi connectivity index (χ0v) is 24.3. The molecular formula is C29H30F3N5O5S. The number of hydrogen-bond acceptors (Lipinski definition) is 9. The van der Waals surface area contributed by atoms with Crippen LogP contribution in [-0.4, -0.2) is 88.3 Å². The molecule has 43 heavy (non-hydrogen) atoms. The Morgan fingerprint density at radius 2 is 2.05 bits per heavy atom. The Kier molecular flexibility index (Phi) is 7.32. The van der Waals surface area contributed by atoms with Crippen LogP contribution >= 0.6 is 11.3 Å². The van der Waals surface area contributed by atoms with E-state index in [-0.39, 0.29) is 48.9 Å². The third-order valence-corrected chi connectivity index (χ3v) is 9.51. The van der Waals surface area contributed by atoms with Gasteiger partial charge in [0.25, 0.3) is 5.92 Å². The minimum atomic E-state index is -3.37. The monoisotopic (exact) mass is 617 g/mol. The molecule has 4 heterocycles. The standard InChI is InChI=1S/C29H30F3N5O5S/c1-3-42-26(39)20-18(34-23(24-33-9-10-43-24)35-22(20)16-5-4-6-17(30)15(16)2)11-36-14-29(31,32)21-19(36)12-37(25(21)38)13-28(7-8-28)27(40)41/h4-6,9-10,19,21-22H,3,7-8,11-14H2,1-2H3,(H,34,35)(H,40,41)/t19-,21-,22-/m0/s1. The molecular weight excluding hydrogens is 587 g/mol. The fourth-order valence-electron chi connectivity index (χ4n) is 6.30. The zero-order valence-electron chi connectivity index (χ0n) is 23.5. The Morgan fingerprint density at radius 3 is 2.70 bits per heavy atom. The predicted molar refractivity (Wildman–Crippen MR) is 149 cm³/mol. The first-order chi connectivity index (χ1) is 20.5. The quantitative estimate of drug-likeness (QED) is 0.412. The van der Waals surface area contributed by atoms with Crippen LogP contribution in [0.2, 0.25) is 0 Å². The highest BCUT2D eigenvalue weighted by Gasteiger charge is 2.64. The first kappa shape index (κ1) is 29.3. The number of aliphatic imine (C=N–C) groups is 1. The number of rotatable bonds is 9. The highest BCUT2D eigenvalue weighted by molar-refractivity contribution is 7.11. The summed E-state index contributed by atoms with van der Waals surface area (Å²) < 4.78 is 51.0. The molecule has 6 rings (SSSR count). The van der Waals surface area contributed by atoms with Gasteiger partial charge in [-0.25, -0.2) is 22.9 Å². The van der Waals surface area contributed by atoms with Crippen molar-refractivity contribution < 1.29 is 37.4 Å². The molecule has 1 amide bonds. The number of ether oxygens (including phenoxy) is 1. The molecule has 1 aliphatic carbocycles. The van der Waals surface area contributed by atoms with Crippen molar-refractivity contribution in [2.24, 2.45) is 16.3 Å². The van der Waals surface area contributed by atoms with Crippen LogP contribution in [0.25, 0.3) is 0 Å². The van der Waals surface area contributed by atoms with E-state index in [9.17, 15) is 23.9 Å². The third-order valence-electron chi connectivity index (χ3n) is 8.73. The molecule has 1 saturated carbocycles.